The third-order valence-electron chi connectivity index (χ3n) is 3.46. The number of ether oxygens (including phenoxy) is 2. The number of benzene rings is 1. The molecule has 4 nitrogen and oxygen atoms in total. The van der Waals surface area contributed by atoms with Gasteiger partial charge in [-0.25, -0.2) is 0 Å². The molecule has 112 valence electrons. The minimum Gasteiger partial charge on any atom is -0.467 e. The number of fused-ring (bicyclic) bond motifs is 1. The van der Waals surface area contributed by atoms with Crippen LogP contribution in [0.4, 0.5) is 0 Å². The molecule has 1 aromatic rings. The SMILES string of the molecule is CC(C)N(CCCO)Cc1cc(Cl)cc2c1OCOC2. The molecule has 1 heterocycles. The van der Waals surface area contributed by atoms with E-state index in [0.29, 0.717) is 24.5 Å². The summed E-state index contributed by atoms with van der Waals surface area (Å²) in [4.78, 5) is 2.31. The van der Waals surface area contributed by atoms with Crippen LogP contribution in [0.25, 0.3) is 0 Å². The minimum atomic E-state index is 0.210. The predicted molar refractivity (Wildman–Crippen MR) is 79.0 cm³/mol. The molecule has 1 aromatic carbocycles. The van der Waals surface area contributed by atoms with Gasteiger partial charge in [0.05, 0.1) is 6.61 Å². The van der Waals surface area contributed by atoms with Gasteiger partial charge in [-0.3, -0.25) is 4.90 Å². The Morgan fingerprint density at radius 2 is 2.20 bits per heavy atom. The van der Waals surface area contributed by atoms with E-state index in [1.54, 1.807) is 0 Å². The lowest BCUT2D eigenvalue weighted by molar-refractivity contribution is -0.0175. The summed E-state index contributed by atoms with van der Waals surface area (Å²) in [5, 5.41) is 9.72. The number of halogens is 1. The number of aliphatic hydroxyl groups excluding tert-OH is 1. The fourth-order valence-electron chi connectivity index (χ4n) is 2.39. The first kappa shape index (κ1) is 15.6. The van der Waals surface area contributed by atoms with Crippen LogP contribution in [-0.4, -0.2) is 36.0 Å². The van der Waals surface area contributed by atoms with Crippen molar-refractivity contribution in [2.45, 2.75) is 39.5 Å². The maximum atomic E-state index is 9.01. The summed E-state index contributed by atoms with van der Waals surface area (Å²) < 4.78 is 10.9. The smallest absolute Gasteiger partial charge is 0.189 e. The first-order valence-corrected chi connectivity index (χ1v) is 7.36. The molecule has 0 atom stereocenters. The Kier molecular flexibility index (Phi) is 5.66. The number of hydrogen-bond acceptors (Lipinski definition) is 4. The van der Waals surface area contributed by atoms with Gasteiger partial charge in [0.2, 0.25) is 0 Å². The first-order chi connectivity index (χ1) is 9.61. The molecule has 5 heteroatoms. The largest absolute Gasteiger partial charge is 0.467 e. The molecular formula is C15H22ClNO3. The number of aliphatic hydroxyl groups is 1. The van der Waals surface area contributed by atoms with Crippen LogP contribution in [0.2, 0.25) is 5.02 Å². The molecule has 0 amide bonds. The summed E-state index contributed by atoms with van der Waals surface area (Å²) in [5.41, 5.74) is 2.09. The normalized spacial score (nSPS) is 14.5. The van der Waals surface area contributed by atoms with Crippen LogP contribution in [0, 0.1) is 0 Å². The van der Waals surface area contributed by atoms with Crippen molar-refractivity contribution in [2.24, 2.45) is 0 Å². The third-order valence-corrected chi connectivity index (χ3v) is 3.68. The van der Waals surface area contributed by atoms with E-state index in [4.69, 9.17) is 26.2 Å². The summed E-state index contributed by atoms with van der Waals surface area (Å²) >= 11 is 6.18. The Bertz CT molecular complexity index is 451. The van der Waals surface area contributed by atoms with Gasteiger partial charge in [0.25, 0.3) is 0 Å². The lowest BCUT2D eigenvalue weighted by Crippen LogP contribution is -2.32. The van der Waals surface area contributed by atoms with Gasteiger partial charge in [-0.2, -0.15) is 0 Å². The highest BCUT2D eigenvalue weighted by Crippen LogP contribution is 2.32. The van der Waals surface area contributed by atoms with Gasteiger partial charge in [-0.15, -0.1) is 0 Å². The fourth-order valence-corrected chi connectivity index (χ4v) is 2.65. The van der Waals surface area contributed by atoms with E-state index in [-0.39, 0.29) is 6.61 Å². The zero-order valence-electron chi connectivity index (χ0n) is 12.1. The van der Waals surface area contributed by atoms with Crippen molar-refractivity contribution >= 4 is 11.6 Å². The van der Waals surface area contributed by atoms with Crippen LogP contribution in [-0.2, 0) is 17.9 Å². The Morgan fingerprint density at radius 3 is 2.90 bits per heavy atom. The molecule has 1 aliphatic rings. The van der Waals surface area contributed by atoms with Gasteiger partial charge in [-0.05, 0) is 32.4 Å². The van der Waals surface area contributed by atoms with Gasteiger partial charge >= 0.3 is 0 Å². The standard InChI is InChI=1S/C15H22ClNO3/c1-11(2)17(4-3-5-18)8-12-6-14(16)7-13-9-19-10-20-15(12)13/h6-7,11,18H,3-5,8-10H2,1-2H3. The summed E-state index contributed by atoms with van der Waals surface area (Å²) in [6.45, 7) is 6.96. The third kappa shape index (κ3) is 3.85. The van der Waals surface area contributed by atoms with Crippen LogP contribution in [0.3, 0.4) is 0 Å². The van der Waals surface area contributed by atoms with Crippen molar-refractivity contribution in [2.75, 3.05) is 19.9 Å². The molecule has 0 spiro atoms. The predicted octanol–water partition coefficient (Wildman–Crippen LogP) is 2.80. The van der Waals surface area contributed by atoms with Crippen molar-refractivity contribution < 1.29 is 14.6 Å². The maximum Gasteiger partial charge on any atom is 0.189 e. The van der Waals surface area contributed by atoms with Gasteiger partial charge in [0, 0.05) is 41.9 Å². The highest BCUT2D eigenvalue weighted by molar-refractivity contribution is 6.30. The second-order valence-corrected chi connectivity index (χ2v) is 5.74. The van der Waals surface area contributed by atoms with Crippen LogP contribution in [0.15, 0.2) is 12.1 Å². The van der Waals surface area contributed by atoms with Crippen molar-refractivity contribution in [1.29, 1.82) is 0 Å². The average molecular weight is 300 g/mol. The monoisotopic (exact) mass is 299 g/mol. The molecule has 0 aromatic heterocycles. The Balaban J connectivity index is 2.20. The maximum absolute atomic E-state index is 9.01. The topological polar surface area (TPSA) is 41.9 Å². The molecule has 0 aliphatic carbocycles. The second kappa shape index (κ2) is 7.27. The van der Waals surface area contributed by atoms with E-state index in [9.17, 15) is 0 Å². The van der Waals surface area contributed by atoms with Gasteiger partial charge < -0.3 is 14.6 Å². The van der Waals surface area contributed by atoms with Crippen LogP contribution in [0.1, 0.15) is 31.4 Å². The van der Waals surface area contributed by atoms with E-state index in [1.165, 1.54) is 0 Å². The highest BCUT2D eigenvalue weighted by atomic mass is 35.5. The summed E-state index contributed by atoms with van der Waals surface area (Å²) in [5.74, 6) is 0.898. The second-order valence-electron chi connectivity index (χ2n) is 5.31. The van der Waals surface area contributed by atoms with Crippen molar-refractivity contribution in [3.05, 3.63) is 28.3 Å². The zero-order chi connectivity index (χ0) is 14.5. The quantitative estimate of drug-likeness (QED) is 0.877. The van der Waals surface area contributed by atoms with Crippen molar-refractivity contribution in [1.82, 2.24) is 4.90 Å². The molecule has 2 rings (SSSR count). The molecule has 20 heavy (non-hydrogen) atoms. The van der Waals surface area contributed by atoms with Gasteiger partial charge in [0.1, 0.15) is 5.75 Å². The highest BCUT2D eigenvalue weighted by Gasteiger charge is 2.19. The van der Waals surface area contributed by atoms with E-state index in [2.05, 4.69) is 18.7 Å². The lowest BCUT2D eigenvalue weighted by Gasteiger charge is -2.29. The average Bonchev–Trinajstić information content (AvgIpc) is 2.42. The van der Waals surface area contributed by atoms with Gasteiger partial charge in [-0.1, -0.05) is 11.6 Å². The van der Waals surface area contributed by atoms with E-state index in [0.717, 1.165) is 36.4 Å². The molecule has 1 aliphatic heterocycles. The zero-order valence-corrected chi connectivity index (χ0v) is 12.8. The number of nitrogens with zero attached hydrogens (tertiary/aromatic N) is 1. The molecule has 0 saturated carbocycles. The number of rotatable bonds is 6. The summed E-state index contributed by atoms with van der Waals surface area (Å²) in [6.07, 6.45) is 0.769. The van der Waals surface area contributed by atoms with Crippen LogP contribution < -0.4 is 4.74 Å². The number of hydrogen-bond donors (Lipinski definition) is 1. The summed E-state index contributed by atoms with van der Waals surface area (Å²) in [7, 11) is 0. The molecule has 0 fully saturated rings. The van der Waals surface area contributed by atoms with E-state index in [1.807, 2.05) is 12.1 Å². The molecule has 0 bridgehead atoms. The summed E-state index contributed by atoms with van der Waals surface area (Å²) in [6, 6.07) is 4.25. The van der Waals surface area contributed by atoms with Crippen LogP contribution >= 0.6 is 11.6 Å². The Morgan fingerprint density at radius 1 is 1.40 bits per heavy atom. The van der Waals surface area contributed by atoms with E-state index < -0.39 is 0 Å². The van der Waals surface area contributed by atoms with Crippen molar-refractivity contribution in [3.8, 4) is 5.75 Å². The molecule has 0 saturated heterocycles. The van der Waals surface area contributed by atoms with E-state index >= 15 is 0 Å². The lowest BCUT2D eigenvalue weighted by atomic mass is 10.1. The molecule has 0 radical (unpaired) electrons. The Labute approximate surface area is 125 Å². The molecule has 1 N–H and O–H groups in total. The molecular weight excluding hydrogens is 278 g/mol. The Hall–Kier alpha value is -0.810. The van der Waals surface area contributed by atoms with Gasteiger partial charge in [0.15, 0.2) is 6.79 Å². The minimum absolute atomic E-state index is 0.210. The van der Waals surface area contributed by atoms with Crippen molar-refractivity contribution in [3.63, 3.8) is 0 Å². The molecule has 0 unspecified atom stereocenters. The first-order valence-electron chi connectivity index (χ1n) is 6.98. The fraction of sp³-hybridized carbons (Fsp3) is 0.600. The van der Waals surface area contributed by atoms with Crippen LogP contribution in [0.5, 0.6) is 5.75 Å².